The fourth-order valence-corrected chi connectivity index (χ4v) is 2.79. The Hall–Kier alpha value is -3.22. The van der Waals surface area contributed by atoms with Gasteiger partial charge < -0.3 is 9.47 Å². The first kappa shape index (κ1) is 17.6. The van der Waals surface area contributed by atoms with Crippen LogP contribution in [0.4, 0.5) is 4.39 Å². The molecule has 0 aliphatic carbocycles. The van der Waals surface area contributed by atoms with E-state index in [1.54, 1.807) is 12.1 Å². The second-order valence-corrected chi connectivity index (χ2v) is 5.77. The molecule has 6 nitrogen and oxygen atoms in total. The molecule has 1 aliphatic heterocycles. The van der Waals surface area contributed by atoms with Crippen molar-refractivity contribution < 1.29 is 28.2 Å². The van der Waals surface area contributed by atoms with Crippen LogP contribution in [0.25, 0.3) is 0 Å². The second kappa shape index (κ2) is 6.95. The molecule has 1 aliphatic rings. The largest absolute Gasteiger partial charge is 0.496 e. The quantitative estimate of drug-likeness (QED) is 0.607. The van der Waals surface area contributed by atoms with E-state index in [1.807, 2.05) is 0 Å². The van der Waals surface area contributed by atoms with Crippen molar-refractivity contribution in [3.8, 4) is 5.75 Å². The molecule has 0 spiro atoms. The molecule has 1 heterocycles. The molecule has 0 radical (unpaired) electrons. The SMILES string of the molecule is COc1ccc(F)cc1COC(=O)[C@H](C)N1C(=O)c2ccccc2C1=O. The highest BCUT2D eigenvalue weighted by molar-refractivity contribution is 6.22. The van der Waals surface area contributed by atoms with Crippen LogP contribution in [0, 0.1) is 5.82 Å². The van der Waals surface area contributed by atoms with Gasteiger partial charge in [0, 0.05) is 5.56 Å². The second-order valence-electron chi connectivity index (χ2n) is 5.77. The molecule has 1 atom stereocenters. The number of halogens is 1. The van der Waals surface area contributed by atoms with E-state index in [4.69, 9.17) is 9.47 Å². The van der Waals surface area contributed by atoms with Crippen LogP contribution < -0.4 is 4.74 Å². The van der Waals surface area contributed by atoms with E-state index < -0.39 is 29.6 Å². The molecule has 0 saturated carbocycles. The van der Waals surface area contributed by atoms with Gasteiger partial charge in [-0.15, -0.1) is 0 Å². The Morgan fingerprint density at radius 1 is 1.12 bits per heavy atom. The van der Waals surface area contributed by atoms with E-state index in [2.05, 4.69) is 0 Å². The molecule has 0 bridgehead atoms. The summed E-state index contributed by atoms with van der Waals surface area (Å²) in [6.07, 6.45) is 0. The maximum absolute atomic E-state index is 13.4. The Kier molecular flexibility index (Phi) is 4.71. The number of fused-ring (bicyclic) bond motifs is 1. The summed E-state index contributed by atoms with van der Waals surface area (Å²) >= 11 is 0. The number of hydrogen-bond donors (Lipinski definition) is 0. The number of carbonyl (C=O) groups excluding carboxylic acids is 3. The normalized spacial score (nSPS) is 14.2. The number of amides is 2. The van der Waals surface area contributed by atoms with Gasteiger partial charge in [0.15, 0.2) is 0 Å². The number of imide groups is 1. The summed E-state index contributed by atoms with van der Waals surface area (Å²) in [5.41, 5.74) is 0.850. The van der Waals surface area contributed by atoms with E-state index >= 15 is 0 Å². The summed E-state index contributed by atoms with van der Waals surface area (Å²) in [6.45, 7) is 1.17. The van der Waals surface area contributed by atoms with Crippen LogP contribution in [-0.2, 0) is 16.1 Å². The Bertz CT molecular complexity index is 860. The molecule has 0 N–H and O–H groups in total. The zero-order valence-corrected chi connectivity index (χ0v) is 14.2. The van der Waals surface area contributed by atoms with Crippen LogP contribution in [0.1, 0.15) is 33.2 Å². The molecule has 2 aromatic rings. The third kappa shape index (κ3) is 3.03. The molecule has 0 fully saturated rings. The lowest BCUT2D eigenvalue weighted by atomic mass is 10.1. The standard InChI is InChI=1S/C19H16FNO5/c1-11(21-17(22)14-5-3-4-6-15(14)18(21)23)19(24)26-10-12-9-13(20)7-8-16(12)25-2/h3-9,11H,10H2,1-2H3/t11-/m0/s1. The van der Waals surface area contributed by atoms with Gasteiger partial charge in [0.2, 0.25) is 0 Å². The molecule has 2 aromatic carbocycles. The van der Waals surface area contributed by atoms with Crippen molar-refractivity contribution in [2.75, 3.05) is 7.11 Å². The molecule has 3 rings (SSSR count). The molecular weight excluding hydrogens is 341 g/mol. The van der Waals surface area contributed by atoms with Crippen molar-refractivity contribution in [3.63, 3.8) is 0 Å². The predicted octanol–water partition coefficient (Wildman–Crippen LogP) is 2.56. The minimum absolute atomic E-state index is 0.243. The number of ether oxygens (including phenoxy) is 2. The molecule has 26 heavy (non-hydrogen) atoms. The Labute approximate surface area is 149 Å². The van der Waals surface area contributed by atoms with Gasteiger partial charge in [-0.1, -0.05) is 12.1 Å². The average molecular weight is 357 g/mol. The van der Waals surface area contributed by atoms with Gasteiger partial charge in [-0.2, -0.15) is 0 Å². The molecule has 0 unspecified atom stereocenters. The fraction of sp³-hybridized carbons (Fsp3) is 0.211. The number of nitrogens with zero attached hydrogens (tertiary/aromatic N) is 1. The summed E-state index contributed by atoms with van der Waals surface area (Å²) in [7, 11) is 1.42. The number of esters is 1. The molecular formula is C19H16FNO5. The maximum atomic E-state index is 13.4. The summed E-state index contributed by atoms with van der Waals surface area (Å²) in [5, 5.41) is 0. The topological polar surface area (TPSA) is 72.9 Å². The highest BCUT2D eigenvalue weighted by Gasteiger charge is 2.41. The first-order valence-electron chi connectivity index (χ1n) is 7.90. The summed E-state index contributed by atoms with van der Waals surface area (Å²) in [5.74, 6) is -1.99. The van der Waals surface area contributed by atoms with Crippen molar-refractivity contribution in [1.29, 1.82) is 0 Å². The van der Waals surface area contributed by atoms with Crippen LogP contribution in [-0.4, -0.2) is 35.8 Å². The predicted molar refractivity (Wildman–Crippen MR) is 89.2 cm³/mol. The molecule has 0 aromatic heterocycles. The molecule has 2 amide bonds. The van der Waals surface area contributed by atoms with Gasteiger partial charge in [0.1, 0.15) is 24.2 Å². The Balaban J connectivity index is 1.73. The van der Waals surface area contributed by atoms with Crippen LogP contribution in [0.3, 0.4) is 0 Å². The van der Waals surface area contributed by atoms with Crippen LogP contribution in [0.5, 0.6) is 5.75 Å². The highest BCUT2D eigenvalue weighted by Crippen LogP contribution is 2.25. The Morgan fingerprint density at radius 3 is 2.31 bits per heavy atom. The van der Waals surface area contributed by atoms with Crippen LogP contribution >= 0.6 is 0 Å². The van der Waals surface area contributed by atoms with Crippen LogP contribution in [0.15, 0.2) is 42.5 Å². The monoisotopic (exact) mass is 357 g/mol. The number of benzene rings is 2. The number of carbonyl (C=O) groups is 3. The molecule has 134 valence electrons. The Morgan fingerprint density at radius 2 is 1.73 bits per heavy atom. The zero-order valence-electron chi connectivity index (χ0n) is 14.2. The lowest BCUT2D eigenvalue weighted by Crippen LogP contribution is -2.43. The third-order valence-corrected chi connectivity index (χ3v) is 4.17. The highest BCUT2D eigenvalue weighted by atomic mass is 19.1. The van der Waals surface area contributed by atoms with Gasteiger partial charge in [0.25, 0.3) is 11.8 Å². The smallest absolute Gasteiger partial charge is 0.329 e. The first-order chi connectivity index (χ1) is 12.4. The van der Waals surface area contributed by atoms with Crippen molar-refractivity contribution in [1.82, 2.24) is 4.90 Å². The minimum Gasteiger partial charge on any atom is -0.496 e. The first-order valence-corrected chi connectivity index (χ1v) is 7.90. The fourth-order valence-electron chi connectivity index (χ4n) is 2.79. The lowest BCUT2D eigenvalue weighted by molar-refractivity contribution is -0.149. The molecule has 0 saturated heterocycles. The maximum Gasteiger partial charge on any atom is 0.329 e. The minimum atomic E-state index is -1.11. The van der Waals surface area contributed by atoms with Gasteiger partial charge in [0.05, 0.1) is 18.2 Å². The number of hydrogen-bond acceptors (Lipinski definition) is 5. The van der Waals surface area contributed by atoms with Crippen molar-refractivity contribution in [3.05, 3.63) is 65.0 Å². The lowest BCUT2D eigenvalue weighted by Gasteiger charge is -2.21. The molecule has 7 heteroatoms. The van der Waals surface area contributed by atoms with E-state index in [0.717, 1.165) is 4.90 Å². The summed E-state index contributed by atoms with van der Waals surface area (Å²) in [4.78, 5) is 38.0. The van der Waals surface area contributed by atoms with Gasteiger partial charge in [-0.25, -0.2) is 9.18 Å². The zero-order chi connectivity index (χ0) is 18.8. The van der Waals surface area contributed by atoms with E-state index in [0.29, 0.717) is 11.3 Å². The number of methoxy groups -OCH3 is 1. The summed E-state index contributed by atoms with van der Waals surface area (Å²) < 4.78 is 23.6. The summed E-state index contributed by atoms with van der Waals surface area (Å²) in [6, 6.07) is 9.09. The van der Waals surface area contributed by atoms with Gasteiger partial charge >= 0.3 is 5.97 Å². The van der Waals surface area contributed by atoms with Crippen molar-refractivity contribution in [2.24, 2.45) is 0 Å². The third-order valence-electron chi connectivity index (χ3n) is 4.17. The van der Waals surface area contributed by atoms with E-state index in [9.17, 15) is 18.8 Å². The van der Waals surface area contributed by atoms with Gasteiger partial charge in [-0.05, 0) is 37.3 Å². The van der Waals surface area contributed by atoms with Crippen molar-refractivity contribution >= 4 is 17.8 Å². The van der Waals surface area contributed by atoms with Crippen molar-refractivity contribution in [2.45, 2.75) is 19.6 Å². The van der Waals surface area contributed by atoms with Gasteiger partial charge in [-0.3, -0.25) is 14.5 Å². The average Bonchev–Trinajstić information content (AvgIpc) is 2.90. The van der Waals surface area contributed by atoms with Crippen LogP contribution in [0.2, 0.25) is 0 Å². The van der Waals surface area contributed by atoms with E-state index in [1.165, 1.54) is 44.4 Å². The number of rotatable bonds is 5. The van der Waals surface area contributed by atoms with E-state index in [-0.39, 0.29) is 17.7 Å².